The first-order valence-corrected chi connectivity index (χ1v) is 4.34. The highest BCUT2D eigenvalue weighted by molar-refractivity contribution is 6.17. The number of alkyl halides is 1. The molecule has 0 radical (unpaired) electrons. The average molecular weight is 184 g/mol. The quantitative estimate of drug-likeness (QED) is 0.370. The molecule has 0 aromatic carbocycles. The molecule has 1 aliphatic carbocycles. The Balaban J connectivity index is 0.000000810. The minimum atomic E-state index is 0. The Bertz CT molecular complexity index is 74.0. The highest BCUT2D eigenvalue weighted by Crippen LogP contribution is 2.23. The van der Waals surface area contributed by atoms with Crippen molar-refractivity contribution in [3.05, 3.63) is 0 Å². The molecule has 2 N–H and O–H groups in total. The molecular formula is C7H15Cl2N. The molecule has 0 aromatic rings. The molecule has 0 amide bonds. The lowest BCUT2D eigenvalue weighted by atomic mass is 9.85. The predicted octanol–water partition coefficient (Wildman–Crippen LogP) is -2.41. The van der Waals surface area contributed by atoms with Gasteiger partial charge in [-0.15, -0.1) is 11.6 Å². The number of quaternary nitrogens is 1. The summed E-state index contributed by atoms with van der Waals surface area (Å²) in [5.74, 6) is 1.82. The molecule has 3 heteroatoms. The van der Waals surface area contributed by atoms with Gasteiger partial charge >= 0.3 is 0 Å². The second-order valence-corrected chi connectivity index (χ2v) is 3.18. The van der Waals surface area contributed by atoms with Crippen molar-refractivity contribution in [2.45, 2.75) is 19.3 Å². The highest BCUT2D eigenvalue weighted by Gasteiger charge is 2.17. The molecule has 1 fully saturated rings. The lowest BCUT2D eigenvalue weighted by Gasteiger charge is -2.22. The molecule has 62 valence electrons. The van der Waals surface area contributed by atoms with Crippen LogP contribution >= 0.6 is 11.6 Å². The molecule has 10 heavy (non-hydrogen) atoms. The van der Waals surface area contributed by atoms with Crippen molar-refractivity contribution in [2.75, 3.05) is 19.0 Å². The maximum atomic E-state index is 5.51. The van der Waals surface area contributed by atoms with Crippen LogP contribution in [0.15, 0.2) is 0 Å². The van der Waals surface area contributed by atoms with Gasteiger partial charge in [0.15, 0.2) is 0 Å². The Morgan fingerprint density at radius 1 is 1.40 bits per heavy atom. The smallest absolute Gasteiger partial charge is 0.0893 e. The van der Waals surface area contributed by atoms with Gasteiger partial charge in [0.25, 0.3) is 0 Å². The number of hydrogen-bond donors (Lipinski definition) is 1. The molecule has 0 aromatic heterocycles. The van der Waals surface area contributed by atoms with Gasteiger partial charge in [-0.1, -0.05) is 6.42 Å². The third-order valence-corrected chi connectivity index (χ3v) is 2.26. The minimum absolute atomic E-state index is 0. The summed E-state index contributed by atoms with van der Waals surface area (Å²) in [6, 6.07) is 0. The van der Waals surface area contributed by atoms with Crippen LogP contribution in [-0.2, 0) is 0 Å². The zero-order valence-corrected chi connectivity index (χ0v) is 7.67. The van der Waals surface area contributed by atoms with Gasteiger partial charge in [0.1, 0.15) is 0 Å². The van der Waals surface area contributed by atoms with E-state index in [-0.39, 0.29) is 12.4 Å². The van der Waals surface area contributed by atoms with Crippen LogP contribution in [0.1, 0.15) is 19.3 Å². The maximum absolute atomic E-state index is 5.51. The normalized spacial score (nSPS) is 17.7. The summed E-state index contributed by atoms with van der Waals surface area (Å²) >= 11 is 5.51. The van der Waals surface area contributed by atoms with Crippen molar-refractivity contribution in [3.63, 3.8) is 0 Å². The van der Waals surface area contributed by atoms with E-state index in [1.54, 1.807) is 0 Å². The molecule has 0 unspecified atom stereocenters. The molecule has 0 spiro atoms. The van der Waals surface area contributed by atoms with Crippen molar-refractivity contribution >= 4 is 11.6 Å². The van der Waals surface area contributed by atoms with Gasteiger partial charge in [0, 0.05) is 5.92 Å². The molecule has 0 aliphatic heterocycles. The molecular weight excluding hydrogens is 169 g/mol. The number of halogens is 2. The fourth-order valence-electron chi connectivity index (χ4n) is 1.16. The van der Waals surface area contributed by atoms with Crippen LogP contribution < -0.4 is 17.7 Å². The van der Waals surface area contributed by atoms with Crippen LogP contribution in [0.25, 0.3) is 0 Å². The first-order valence-electron chi connectivity index (χ1n) is 3.81. The third kappa shape index (κ3) is 3.65. The van der Waals surface area contributed by atoms with Crippen LogP contribution in [0, 0.1) is 5.92 Å². The zero-order valence-electron chi connectivity index (χ0n) is 6.15. The number of rotatable bonds is 4. The van der Waals surface area contributed by atoms with Crippen molar-refractivity contribution < 1.29 is 17.7 Å². The van der Waals surface area contributed by atoms with E-state index in [0.717, 1.165) is 18.3 Å². The van der Waals surface area contributed by atoms with Crippen LogP contribution in [0.5, 0.6) is 0 Å². The number of hydrogen-bond acceptors (Lipinski definition) is 0. The summed E-state index contributed by atoms with van der Waals surface area (Å²) in [4.78, 5) is 0. The summed E-state index contributed by atoms with van der Waals surface area (Å²) in [5.41, 5.74) is 0. The molecule has 1 aliphatic rings. The summed E-state index contributed by atoms with van der Waals surface area (Å²) in [6.07, 6.45) is 4.37. The highest BCUT2D eigenvalue weighted by atomic mass is 35.5. The third-order valence-electron chi connectivity index (χ3n) is 2.04. The van der Waals surface area contributed by atoms with E-state index < -0.39 is 0 Å². The predicted molar refractivity (Wildman–Crippen MR) is 39.7 cm³/mol. The standard InChI is InChI=1S/C7H14ClN.ClH/c8-4-5-9-6-7-2-1-3-7;/h7,9H,1-6H2;1H. The second-order valence-electron chi connectivity index (χ2n) is 2.80. The van der Waals surface area contributed by atoms with E-state index in [0.29, 0.717) is 0 Å². The largest absolute Gasteiger partial charge is 1.00 e. The molecule has 0 bridgehead atoms. The Morgan fingerprint density at radius 2 is 2.10 bits per heavy atom. The van der Waals surface area contributed by atoms with Gasteiger partial charge in [-0.3, -0.25) is 0 Å². The molecule has 1 nitrogen and oxygen atoms in total. The van der Waals surface area contributed by atoms with Gasteiger partial charge in [-0.2, -0.15) is 0 Å². The minimum Gasteiger partial charge on any atom is -1.00 e. The van der Waals surface area contributed by atoms with Gasteiger partial charge in [0.2, 0.25) is 0 Å². The zero-order chi connectivity index (χ0) is 6.53. The number of nitrogens with two attached hydrogens (primary N) is 1. The monoisotopic (exact) mass is 183 g/mol. The van der Waals surface area contributed by atoms with Crippen LogP contribution in [0.4, 0.5) is 0 Å². The van der Waals surface area contributed by atoms with Crippen molar-refractivity contribution in [3.8, 4) is 0 Å². The van der Waals surface area contributed by atoms with E-state index >= 15 is 0 Å². The summed E-state index contributed by atoms with van der Waals surface area (Å²) in [7, 11) is 0. The molecule has 1 rings (SSSR count). The van der Waals surface area contributed by atoms with E-state index in [1.165, 1.54) is 25.8 Å². The second kappa shape index (κ2) is 6.26. The van der Waals surface area contributed by atoms with Gasteiger partial charge in [-0.25, -0.2) is 0 Å². The molecule has 0 atom stereocenters. The first kappa shape index (κ1) is 10.5. The fraction of sp³-hybridized carbons (Fsp3) is 1.00. The molecule has 0 saturated heterocycles. The first-order chi connectivity index (χ1) is 4.43. The van der Waals surface area contributed by atoms with Crippen molar-refractivity contribution in [1.82, 2.24) is 0 Å². The lowest BCUT2D eigenvalue weighted by Crippen LogP contribution is -3.00. The van der Waals surface area contributed by atoms with E-state index in [1.807, 2.05) is 0 Å². The van der Waals surface area contributed by atoms with Gasteiger partial charge in [0.05, 0.1) is 19.0 Å². The Hall–Kier alpha value is 0.540. The van der Waals surface area contributed by atoms with Crippen LogP contribution in [0.2, 0.25) is 0 Å². The van der Waals surface area contributed by atoms with Crippen LogP contribution in [0.3, 0.4) is 0 Å². The summed E-state index contributed by atoms with van der Waals surface area (Å²) < 4.78 is 0. The maximum Gasteiger partial charge on any atom is 0.0893 e. The average Bonchev–Trinajstić information content (AvgIpc) is 1.76. The van der Waals surface area contributed by atoms with E-state index in [2.05, 4.69) is 5.32 Å². The fourth-order valence-corrected chi connectivity index (χ4v) is 1.31. The van der Waals surface area contributed by atoms with Crippen molar-refractivity contribution in [1.29, 1.82) is 0 Å². The summed E-state index contributed by atoms with van der Waals surface area (Å²) in [6.45, 7) is 2.41. The Labute approximate surface area is 73.9 Å². The van der Waals surface area contributed by atoms with Crippen LogP contribution in [-0.4, -0.2) is 19.0 Å². The SMILES string of the molecule is ClCC[NH2+]CC1CCC1.[Cl-]. The molecule has 1 saturated carbocycles. The van der Waals surface area contributed by atoms with Gasteiger partial charge in [-0.05, 0) is 12.8 Å². The van der Waals surface area contributed by atoms with Gasteiger partial charge < -0.3 is 17.7 Å². The van der Waals surface area contributed by atoms with E-state index in [9.17, 15) is 0 Å². The lowest BCUT2D eigenvalue weighted by molar-refractivity contribution is -0.658. The Kier molecular flexibility index (Phi) is 6.60. The summed E-state index contributed by atoms with van der Waals surface area (Å²) in [5, 5.41) is 2.33. The van der Waals surface area contributed by atoms with E-state index in [4.69, 9.17) is 11.6 Å². The Morgan fingerprint density at radius 3 is 2.50 bits per heavy atom. The topological polar surface area (TPSA) is 16.6 Å². The molecule has 0 heterocycles. The van der Waals surface area contributed by atoms with Crippen molar-refractivity contribution in [2.24, 2.45) is 5.92 Å².